The topological polar surface area (TPSA) is 106 Å². The van der Waals surface area contributed by atoms with Gasteiger partial charge in [-0.25, -0.2) is 0 Å². The molecule has 0 amide bonds. The minimum absolute atomic E-state index is 0.422. The Bertz CT molecular complexity index is 603. The summed E-state index contributed by atoms with van der Waals surface area (Å²) >= 11 is 11.7. The van der Waals surface area contributed by atoms with Crippen LogP contribution in [0, 0.1) is 0 Å². The molecule has 5 atom stereocenters. The zero-order chi connectivity index (χ0) is 22.1. The van der Waals surface area contributed by atoms with Crippen LogP contribution in [0.5, 0.6) is 0 Å². The van der Waals surface area contributed by atoms with Crippen LogP contribution in [-0.4, -0.2) is 101 Å². The molecule has 1 fully saturated rings. The lowest BCUT2D eigenvalue weighted by molar-refractivity contribution is -0.327. The van der Waals surface area contributed by atoms with E-state index in [1.54, 1.807) is 0 Å². The molecule has 0 saturated carbocycles. The third-order valence-electron chi connectivity index (χ3n) is 5.24. The van der Waals surface area contributed by atoms with E-state index in [-0.39, 0.29) is 0 Å². The first kappa shape index (κ1) is 25.6. The van der Waals surface area contributed by atoms with Gasteiger partial charge in [-0.2, -0.15) is 5.06 Å². The molecule has 0 spiro atoms. The monoisotopic (exact) mass is 466 g/mol. The van der Waals surface area contributed by atoms with E-state index in [9.17, 15) is 20.4 Å². The Morgan fingerprint density at radius 1 is 0.967 bits per heavy atom. The van der Waals surface area contributed by atoms with Crippen LogP contribution in [0.4, 0.5) is 5.69 Å². The fourth-order valence-corrected chi connectivity index (χ4v) is 3.94. The molecule has 0 aliphatic carbocycles. The summed E-state index contributed by atoms with van der Waals surface area (Å²) in [6, 6.07) is 8.19. The molecule has 172 valence electrons. The average Bonchev–Trinajstić information content (AvgIpc) is 2.76. The number of hydrogen-bond donors (Lipinski definition) is 4. The van der Waals surface area contributed by atoms with Crippen molar-refractivity contribution in [1.82, 2.24) is 5.06 Å². The van der Waals surface area contributed by atoms with E-state index >= 15 is 0 Å². The Kier molecular flexibility index (Phi) is 11.1. The Morgan fingerprint density at radius 2 is 1.60 bits per heavy atom. The average molecular weight is 467 g/mol. The third kappa shape index (κ3) is 6.66. The molecule has 0 radical (unpaired) electrons. The van der Waals surface area contributed by atoms with Crippen molar-refractivity contribution in [1.29, 1.82) is 0 Å². The molecule has 1 aliphatic rings. The van der Waals surface area contributed by atoms with Crippen LogP contribution in [-0.2, 0) is 16.0 Å². The van der Waals surface area contributed by atoms with Crippen molar-refractivity contribution in [3.63, 3.8) is 0 Å². The van der Waals surface area contributed by atoms with Crippen molar-refractivity contribution in [3.05, 3.63) is 29.8 Å². The van der Waals surface area contributed by atoms with Gasteiger partial charge in [0.2, 0.25) is 0 Å². The number of hydroxylamine groups is 2. The summed E-state index contributed by atoms with van der Waals surface area (Å²) in [6.07, 6.45) is -4.68. The van der Waals surface area contributed by atoms with Gasteiger partial charge in [-0.3, -0.25) is 4.84 Å². The number of aliphatic hydroxyl groups excluding tert-OH is 4. The Balaban J connectivity index is 1.91. The smallest absolute Gasteiger partial charge is 0.162 e. The highest BCUT2D eigenvalue weighted by molar-refractivity contribution is 6.18. The number of nitrogens with zero attached hydrogens (tertiary/aromatic N) is 2. The van der Waals surface area contributed by atoms with Gasteiger partial charge in [0.1, 0.15) is 24.4 Å². The first-order valence-corrected chi connectivity index (χ1v) is 11.1. The number of alkyl halides is 2. The van der Waals surface area contributed by atoms with E-state index < -0.39 is 37.3 Å². The van der Waals surface area contributed by atoms with Gasteiger partial charge in [0.05, 0.1) is 13.7 Å². The summed E-state index contributed by atoms with van der Waals surface area (Å²) in [4.78, 5) is 7.46. The molecule has 4 N–H and O–H groups in total. The molecular weight excluding hydrogens is 435 g/mol. The highest BCUT2D eigenvalue weighted by Gasteiger charge is 2.45. The van der Waals surface area contributed by atoms with Crippen molar-refractivity contribution in [2.45, 2.75) is 43.5 Å². The lowest BCUT2D eigenvalue weighted by atomic mass is 9.98. The van der Waals surface area contributed by atoms with Gasteiger partial charge in [-0.05, 0) is 30.5 Å². The SMILES string of the molecule is CON(CCCc1ccc(N(CCCl)CCCl)cc1)C1O[C@@H](CO)[C@H](O)[C@H](O)[C@@H]1O. The minimum atomic E-state index is -1.44. The van der Waals surface area contributed by atoms with Gasteiger partial charge < -0.3 is 30.1 Å². The first-order valence-electron chi connectivity index (χ1n) is 10.0. The summed E-state index contributed by atoms with van der Waals surface area (Å²) in [5, 5.41) is 40.9. The normalized spacial score (nSPS) is 26.9. The van der Waals surface area contributed by atoms with Crippen molar-refractivity contribution in [3.8, 4) is 0 Å². The fraction of sp³-hybridized carbons (Fsp3) is 0.700. The highest BCUT2D eigenvalue weighted by atomic mass is 35.5. The summed E-state index contributed by atoms with van der Waals surface area (Å²) in [7, 11) is 1.44. The van der Waals surface area contributed by atoms with Crippen LogP contribution in [0.1, 0.15) is 12.0 Å². The Morgan fingerprint density at radius 3 is 2.13 bits per heavy atom. The van der Waals surface area contributed by atoms with E-state index in [2.05, 4.69) is 17.0 Å². The number of aryl methyl sites for hydroxylation is 1. The van der Waals surface area contributed by atoms with Crippen LogP contribution in [0.3, 0.4) is 0 Å². The number of anilines is 1. The quantitative estimate of drug-likeness (QED) is 0.261. The van der Waals surface area contributed by atoms with E-state index in [1.807, 2.05) is 12.1 Å². The molecule has 10 heteroatoms. The standard InChI is InChI=1S/C20H32Cl2N2O6/c1-29-24(20-19(28)18(27)17(26)16(13-25)30-20)10-2-3-14-4-6-15(7-5-14)23(11-8-21)12-9-22/h4-7,16-20,25-28H,2-3,8-13H2,1H3/t16-,17-,18-,19-,20?/m0/s1. The van der Waals surface area contributed by atoms with Crippen LogP contribution in [0.25, 0.3) is 0 Å². The lowest BCUT2D eigenvalue weighted by Gasteiger charge is -2.43. The zero-order valence-corrected chi connectivity index (χ0v) is 18.6. The van der Waals surface area contributed by atoms with Gasteiger partial charge in [-0.15, -0.1) is 23.2 Å². The largest absolute Gasteiger partial charge is 0.394 e. The van der Waals surface area contributed by atoms with Gasteiger partial charge in [0.15, 0.2) is 6.23 Å². The molecule has 1 saturated heterocycles. The summed E-state index contributed by atoms with van der Waals surface area (Å²) in [5.74, 6) is 1.06. The Hall–Kier alpha value is -0.680. The second-order valence-corrected chi connectivity index (χ2v) is 7.93. The summed E-state index contributed by atoms with van der Waals surface area (Å²) in [6.45, 7) is 1.41. The molecule has 1 heterocycles. The number of aliphatic hydroxyl groups is 4. The van der Waals surface area contributed by atoms with Crippen molar-refractivity contribution < 1.29 is 30.0 Å². The van der Waals surface area contributed by atoms with Crippen LogP contribution in [0.15, 0.2) is 24.3 Å². The number of ether oxygens (including phenoxy) is 1. The maximum absolute atomic E-state index is 10.2. The second-order valence-electron chi connectivity index (χ2n) is 7.18. The number of hydrogen-bond acceptors (Lipinski definition) is 8. The molecule has 30 heavy (non-hydrogen) atoms. The van der Waals surface area contributed by atoms with Crippen LogP contribution >= 0.6 is 23.2 Å². The molecule has 1 aromatic carbocycles. The lowest BCUT2D eigenvalue weighted by Crippen LogP contribution is -2.63. The van der Waals surface area contributed by atoms with E-state index in [0.29, 0.717) is 24.7 Å². The number of rotatable bonds is 12. The maximum atomic E-state index is 10.2. The molecule has 2 rings (SSSR count). The third-order valence-corrected chi connectivity index (χ3v) is 5.58. The zero-order valence-electron chi connectivity index (χ0n) is 17.1. The van der Waals surface area contributed by atoms with Crippen molar-refractivity contribution >= 4 is 28.9 Å². The van der Waals surface area contributed by atoms with Gasteiger partial charge in [-0.1, -0.05) is 12.1 Å². The van der Waals surface area contributed by atoms with E-state index in [4.69, 9.17) is 32.8 Å². The predicted molar refractivity (Wildman–Crippen MR) is 116 cm³/mol. The molecule has 0 aromatic heterocycles. The van der Waals surface area contributed by atoms with Crippen LogP contribution in [0.2, 0.25) is 0 Å². The Labute approximate surface area is 187 Å². The number of halogens is 2. The van der Waals surface area contributed by atoms with Gasteiger partial charge >= 0.3 is 0 Å². The molecule has 0 bridgehead atoms. The second kappa shape index (κ2) is 13.0. The molecule has 1 aliphatic heterocycles. The highest BCUT2D eigenvalue weighted by Crippen LogP contribution is 2.24. The van der Waals surface area contributed by atoms with Gasteiger partial charge in [0.25, 0.3) is 0 Å². The predicted octanol–water partition coefficient (Wildman–Crippen LogP) is 0.566. The maximum Gasteiger partial charge on any atom is 0.162 e. The van der Waals surface area contributed by atoms with E-state index in [0.717, 1.165) is 30.8 Å². The summed E-state index contributed by atoms with van der Waals surface area (Å²) < 4.78 is 5.54. The van der Waals surface area contributed by atoms with Crippen molar-refractivity contribution in [2.75, 3.05) is 50.0 Å². The van der Waals surface area contributed by atoms with Gasteiger partial charge in [0, 0.05) is 37.1 Å². The minimum Gasteiger partial charge on any atom is -0.394 e. The van der Waals surface area contributed by atoms with Crippen LogP contribution < -0.4 is 4.90 Å². The van der Waals surface area contributed by atoms with E-state index in [1.165, 1.54) is 12.2 Å². The fourth-order valence-electron chi connectivity index (χ4n) is 3.53. The summed E-state index contributed by atoms with van der Waals surface area (Å²) in [5.41, 5.74) is 2.21. The first-order chi connectivity index (χ1) is 14.5. The molecule has 1 unspecified atom stereocenters. The molecule has 1 aromatic rings. The van der Waals surface area contributed by atoms with Crippen molar-refractivity contribution in [2.24, 2.45) is 0 Å². The molecular formula is C20H32Cl2N2O6. The molecule has 8 nitrogen and oxygen atoms in total. The number of benzene rings is 1.